The Bertz CT molecular complexity index is 817. The van der Waals surface area contributed by atoms with Crippen molar-refractivity contribution in [3.05, 3.63) is 45.6 Å². The average Bonchev–Trinajstić information content (AvgIpc) is 3.17. The lowest BCUT2D eigenvalue weighted by molar-refractivity contribution is -0.0339. The first-order valence-corrected chi connectivity index (χ1v) is 8.80. The Morgan fingerprint density at radius 3 is 3.17 bits per heavy atom. The molecule has 4 rings (SSSR count). The van der Waals surface area contributed by atoms with E-state index < -0.39 is 0 Å². The van der Waals surface area contributed by atoms with Gasteiger partial charge in [0.25, 0.3) is 0 Å². The maximum atomic E-state index is 6.07. The number of benzene rings is 1. The van der Waals surface area contributed by atoms with Crippen LogP contribution in [0, 0.1) is 0 Å². The Morgan fingerprint density at radius 1 is 1.43 bits per heavy atom. The van der Waals surface area contributed by atoms with E-state index in [0.29, 0.717) is 0 Å². The number of imidazole rings is 1. The molecule has 0 aliphatic carbocycles. The van der Waals surface area contributed by atoms with Gasteiger partial charge in [-0.25, -0.2) is 9.97 Å². The maximum absolute atomic E-state index is 6.07. The number of aryl methyl sites for hydroxylation is 1. The molecule has 23 heavy (non-hydrogen) atoms. The van der Waals surface area contributed by atoms with Crippen LogP contribution in [-0.4, -0.2) is 39.1 Å². The number of nitrogens with zero attached hydrogens (tertiary/aromatic N) is 4. The van der Waals surface area contributed by atoms with Crippen molar-refractivity contribution < 1.29 is 4.74 Å². The summed E-state index contributed by atoms with van der Waals surface area (Å²) in [5, 5.41) is 3.76. The highest BCUT2D eigenvalue weighted by Gasteiger charge is 2.25. The van der Waals surface area contributed by atoms with E-state index in [1.54, 1.807) is 11.3 Å². The van der Waals surface area contributed by atoms with Crippen molar-refractivity contribution in [3.8, 4) is 0 Å². The Hall–Kier alpha value is -1.47. The van der Waals surface area contributed by atoms with Crippen LogP contribution in [0.2, 0.25) is 5.02 Å². The first-order chi connectivity index (χ1) is 11.2. The standard InChI is InChI=1S/C16H17ClN4OS/c1-20-13-3-2-11(17)8-12(13)19-15(20)10-21-5-6-22-14(9-21)16-18-4-7-23-16/h2-4,7-8,14H,5-6,9-10H2,1H3. The zero-order chi connectivity index (χ0) is 15.8. The summed E-state index contributed by atoms with van der Waals surface area (Å²) in [7, 11) is 2.05. The monoisotopic (exact) mass is 348 g/mol. The van der Waals surface area contributed by atoms with Crippen LogP contribution in [0.4, 0.5) is 0 Å². The quantitative estimate of drug-likeness (QED) is 0.728. The van der Waals surface area contributed by atoms with Crippen LogP contribution in [0.3, 0.4) is 0 Å². The molecular formula is C16H17ClN4OS. The van der Waals surface area contributed by atoms with Crippen LogP contribution in [0.15, 0.2) is 29.8 Å². The minimum atomic E-state index is 0.0629. The van der Waals surface area contributed by atoms with Gasteiger partial charge < -0.3 is 9.30 Å². The largest absolute Gasteiger partial charge is 0.368 e. The van der Waals surface area contributed by atoms with Crippen molar-refractivity contribution in [2.24, 2.45) is 7.05 Å². The molecule has 1 aliphatic heterocycles. The zero-order valence-corrected chi connectivity index (χ0v) is 14.3. The Morgan fingerprint density at radius 2 is 2.35 bits per heavy atom. The third kappa shape index (κ3) is 2.99. The molecule has 0 N–H and O–H groups in total. The summed E-state index contributed by atoms with van der Waals surface area (Å²) in [4.78, 5) is 11.5. The number of rotatable bonds is 3. The molecule has 0 radical (unpaired) electrons. The van der Waals surface area contributed by atoms with Crippen molar-refractivity contribution in [3.63, 3.8) is 0 Å². The summed E-state index contributed by atoms with van der Waals surface area (Å²) in [6, 6.07) is 5.84. The normalized spacial score (nSPS) is 19.5. The molecule has 3 heterocycles. The molecule has 1 atom stereocenters. The second kappa shape index (κ2) is 6.20. The van der Waals surface area contributed by atoms with Crippen molar-refractivity contribution >= 4 is 34.0 Å². The fraction of sp³-hybridized carbons (Fsp3) is 0.375. The fourth-order valence-electron chi connectivity index (χ4n) is 2.95. The van der Waals surface area contributed by atoms with Crippen LogP contribution >= 0.6 is 22.9 Å². The summed E-state index contributed by atoms with van der Waals surface area (Å²) >= 11 is 7.71. The van der Waals surface area contributed by atoms with Gasteiger partial charge in [-0.3, -0.25) is 4.90 Å². The Kier molecular flexibility index (Phi) is 4.07. The molecule has 1 aromatic carbocycles. The Labute approximate surface area is 143 Å². The second-order valence-corrected chi connectivity index (χ2v) is 7.05. The van der Waals surface area contributed by atoms with Crippen LogP contribution in [0.5, 0.6) is 0 Å². The summed E-state index contributed by atoms with van der Waals surface area (Å²) in [5.41, 5.74) is 2.05. The highest BCUT2D eigenvalue weighted by atomic mass is 35.5. The van der Waals surface area contributed by atoms with E-state index in [9.17, 15) is 0 Å². The molecule has 120 valence electrons. The maximum Gasteiger partial charge on any atom is 0.123 e. The number of halogens is 1. The number of thiazole rings is 1. The van der Waals surface area contributed by atoms with E-state index in [1.165, 1.54) is 0 Å². The van der Waals surface area contributed by atoms with E-state index >= 15 is 0 Å². The molecule has 0 amide bonds. The van der Waals surface area contributed by atoms with E-state index in [0.717, 1.165) is 53.1 Å². The van der Waals surface area contributed by atoms with Crippen LogP contribution in [0.25, 0.3) is 11.0 Å². The van der Waals surface area contributed by atoms with Crippen molar-refractivity contribution in [1.82, 2.24) is 19.4 Å². The van der Waals surface area contributed by atoms with E-state index in [4.69, 9.17) is 21.3 Å². The topological polar surface area (TPSA) is 43.2 Å². The summed E-state index contributed by atoms with van der Waals surface area (Å²) in [6.07, 6.45) is 1.89. The summed E-state index contributed by atoms with van der Waals surface area (Å²) < 4.78 is 8.00. The molecule has 0 bridgehead atoms. The van der Waals surface area contributed by atoms with E-state index in [1.807, 2.05) is 29.8 Å². The van der Waals surface area contributed by atoms with Gasteiger partial charge in [0.15, 0.2) is 0 Å². The van der Waals surface area contributed by atoms with Crippen molar-refractivity contribution in [2.75, 3.05) is 19.7 Å². The van der Waals surface area contributed by atoms with Gasteiger partial charge in [-0.05, 0) is 18.2 Å². The fourth-order valence-corrected chi connectivity index (χ4v) is 3.80. The van der Waals surface area contributed by atoms with Gasteiger partial charge in [-0.1, -0.05) is 11.6 Å². The number of morpholine rings is 1. The first kappa shape index (κ1) is 15.1. The highest BCUT2D eigenvalue weighted by molar-refractivity contribution is 7.09. The number of hydrogen-bond donors (Lipinski definition) is 0. The number of hydrogen-bond acceptors (Lipinski definition) is 5. The van der Waals surface area contributed by atoms with Gasteiger partial charge in [-0.2, -0.15) is 0 Å². The second-order valence-electron chi connectivity index (χ2n) is 5.68. The van der Waals surface area contributed by atoms with Gasteiger partial charge >= 0.3 is 0 Å². The molecule has 0 spiro atoms. The highest BCUT2D eigenvalue weighted by Crippen LogP contribution is 2.25. The predicted octanol–water partition coefficient (Wildman–Crippen LogP) is 3.26. The van der Waals surface area contributed by atoms with Gasteiger partial charge in [0.1, 0.15) is 16.9 Å². The summed E-state index contributed by atoms with van der Waals surface area (Å²) in [5.74, 6) is 1.04. The van der Waals surface area contributed by atoms with Crippen LogP contribution in [0.1, 0.15) is 16.9 Å². The minimum absolute atomic E-state index is 0.0629. The number of aromatic nitrogens is 3. The lowest BCUT2D eigenvalue weighted by atomic mass is 10.3. The number of ether oxygens (including phenoxy) is 1. The van der Waals surface area contributed by atoms with Crippen LogP contribution < -0.4 is 0 Å². The minimum Gasteiger partial charge on any atom is -0.368 e. The third-order valence-electron chi connectivity index (χ3n) is 4.18. The van der Waals surface area contributed by atoms with E-state index in [2.05, 4.69) is 21.5 Å². The lowest BCUT2D eigenvalue weighted by Crippen LogP contribution is -2.38. The molecule has 1 fully saturated rings. The third-order valence-corrected chi connectivity index (χ3v) is 5.28. The van der Waals surface area contributed by atoms with Crippen LogP contribution in [-0.2, 0) is 18.3 Å². The van der Waals surface area contributed by atoms with Crippen molar-refractivity contribution in [1.29, 1.82) is 0 Å². The van der Waals surface area contributed by atoms with Crippen molar-refractivity contribution in [2.45, 2.75) is 12.6 Å². The van der Waals surface area contributed by atoms with Gasteiger partial charge in [0.2, 0.25) is 0 Å². The lowest BCUT2D eigenvalue weighted by Gasteiger charge is -2.31. The smallest absolute Gasteiger partial charge is 0.123 e. The molecule has 0 saturated carbocycles. The average molecular weight is 349 g/mol. The number of fused-ring (bicyclic) bond motifs is 1. The van der Waals surface area contributed by atoms with Gasteiger partial charge in [-0.15, -0.1) is 11.3 Å². The molecule has 7 heteroatoms. The zero-order valence-electron chi connectivity index (χ0n) is 12.8. The molecule has 2 aromatic heterocycles. The Balaban J connectivity index is 1.54. The van der Waals surface area contributed by atoms with E-state index in [-0.39, 0.29) is 6.10 Å². The summed E-state index contributed by atoms with van der Waals surface area (Å²) in [6.45, 7) is 3.28. The molecule has 1 aliphatic rings. The molecule has 5 nitrogen and oxygen atoms in total. The SMILES string of the molecule is Cn1c(CN2CCOC(c3nccs3)C2)nc2cc(Cl)ccc21. The van der Waals surface area contributed by atoms with Gasteiger partial charge in [0, 0.05) is 36.7 Å². The van der Waals surface area contributed by atoms with Gasteiger partial charge in [0.05, 0.1) is 24.2 Å². The molecule has 3 aromatic rings. The molecular weight excluding hydrogens is 332 g/mol. The predicted molar refractivity (Wildman–Crippen MR) is 91.8 cm³/mol. The molecule has 1 saturated heterocycles. The molecule has 1 unspecified atom stereocenters. The first-order valence-electron chi connectivity index (χ1n) is 7.55.